The fourth-order valence-electron chi connectivity index (χ4n) is 2.90. The van der Waals surface area contributed by atoms with Gasteiger partial charge in [-0.3, -0.25) is 11.3 Å². The minimum atomic E-state index is 0.198. The van der Waals surface area contributed by atoms with Crippen molar-refractivity contribution in [3.63, 3.8) is 0 Å². The van der Waals surface area contributed by atoms with Gasteiger partial charge in [-0.15, -0.1) is 0 Å². The van der Waals surface area contributed by atoms with E-state index in [1.54, 1.807) is 0 Å². The molecule has 112 valence electrons. The van der Waals surface area contributed by atoms with Crippen LogP contribution in [-0.4, -0.2) is 21.5 Å². The molecule has 1 aliphatic rings. The summed E-state index contributed by atoms with van der Waals surface area (Å²) in [6.45, 7) is 4.65. The quantitative estimate of drug-likeness (QED) is 0.663. The second-order valence-electron chi connectivity index (χ2n) is 5.63. The van der Waals surface area contributed by atoms with Crippen LogP contribution >= 0.6 is 23.5 Å². The summed E-state index contributed by atoms with van der Waals surface area (Å²) in [6.07, 6.45) is 0. The summed E-state index contributed by atoms with van der Waals surface area (Å²) in [5.74, 6) is 7.08. The number of benzene rings is 2. The van der Waals surface area contributed by atoms with Gasteiger partial charge in [-0.25, -0.2) is 0 Å². The number of hydrazine groups is 1. The van der Waals surface area contributed by atoms with Crippen LogP contribution in [0, 0.1) is 0 Å². The molecular weight excluding hydrogens is 296 g/mol. The number of fused-ring (bicyclic) bond motifs is 1. The van der Waals surface area contributed by atoms with E-state index in [1.807, 2.05) is 0 Å². The van der Waals surface area contributed by atoms with Gasteiger partial charge in [0.15, 0.2) is 0 Å². The Labute approximate surface area is 135 Å². The molecule has 4 atom stereocenters. The van der Waals surface area contributed by atoms with Crippen LogP contribution < -0.4 is 11.3 Å². The van der Waals surface area contributed by atoms with Crippen LogP contribution in [-0.2, 0) is 0 Å². The molecule has 1 heterocycles. The van der Waals surface area contributed by atoms with Gasteiger partial charge in [0, 0.05) is 21.5 Å². The topological polar surface area (TPSA) is 38.0 Å². The molecule has 1 saturated heterocycles. The molecule has 1 aliphatic heterocycles. The maximum Gasteiger partial charge on any atom is 0.0592 e. The number of nitrogens with two attached hydrogens (primary N) is 1. The molecule has 4 unspecified atom stereocenters. The summed E-state index contributed by atoms with van der Waals surface area (Å²) >= 11 is 4.13. The third-order valence-electron chi connectivity index (χ3n) is 4.28. The Morgan fingerprint density at radius 3 is 2.62 bits per heavy atom. The monoisotopic (exact) mass is 318 g/mol. The summed E-state index contributed by atoms with van der Waals surface area (Å²) in [5, 5.41) is 4.48. The highest BCUT2D eigenvalue weighted by Crippen LogP contribution is 2.41. The zero-order chi connectivity index (χ0) is 14.8. The van der Waals surface area contributed by atoms with Crippen molar-refractivity contribution in [3.05, 3.63) is 48.0 Å². The molecule has 0 aromatic heterocycles. The molecule has 2 nitrogen and oxygen atoms in total. The standard InChI is InChI=1S/C17H22N2S2/c1-11-12(2)21-16(10-20-11)17(19-18)15-9-5-7-13-6-3-4-8-14(13)15/h3-9,11-12,16-17,19H,10,18H2,1-2H3. The first-order valence-electron chi connectivity index (χ1n) is 7.41. The Morgan fingerprint density at radius 2 is 1.86 bits per heavy atom. The van der Waals surface area contributed by atoms with Crippen molar-refractivity contribution in [1.29, 1.82) is 0 Å². The van der Waals surface area contributed by atoms with Crippen molar-refractivity contribution in [3.8, 4) is 0 Å². The predicted octanol–water partition coefficient (Wildman–Crippen LogP) is 3.97. The normalized spacial score (nSPS) is 27.7. The van der Waals surface area contributed by atoms with E-state index in [0.717, 1.165) is 11.0 Å². The fourth-order valence-corrected chi connectivity index (χ4v) is 5.99. The minimum Gasteiger partial charge on any atom is -0.271 e. The SMILES string of the molecule is CC1SCC(C(NN)c2cccc3ccccc23)SC1C. The highest BCUT2D eigenvalue weighted by molar-refractivity contribution is 8.07. The highest BCUT2D eigenvalue weighted by Gasteiger charge is 2.32. The smallest absolute Gasteiger partial charge is 0.0592 e. The number of hydrogen-bond donors (Lipinski definition) is 2. The summed E-state index contributed by atoms with van der Waals surface area (Å²) in [7, 11) is 0. The fraction of sp³-hybridized carbons (Fsp3) is 0.412. The van der Waals surface area contributed by atoms with Crippen molar-refractivity contribution in [2.45, 2.75) is 35.6 Å². The molecule has 2 aromatic carbocycles. The van der Waals surface area contributed by atoms with E-state index in [9.17, 15) is 0 Å². The minimum absolute atomic E-state index is 0.198. The molecule has 0 radical (unpaired) electrons. The number of thioether (sulfide) groups is 2. The Kier molecular flexibility index (Phi) is 4.79. The molecule has 0 amide bonds. The van der Waals surface area contributed by atoms with Crippen LogP contribution in [0.1, 0.15) is 25.5 Å². The first kappa shape index (κ1) is 15.2. The van der Waals surface area contributed by atoms with Gasteiger partial charge in [-0.05, 0) is 16.3 Å². The van der Waals surface area contributed by atoms with Gasteiger partial charge < -0.3 is 0 Å². The Hall–Kier alpha value is -0.680. The summed E-state index contributed by atoms with van der Waals surface area (Å²) in [6, 6.07) is 15.3. The molecule has 0 saturated carbocycles. The lowest BCUT2D eigenvalue weighted by Crippen LogP contribution is -2.40. The van der Waals surface area contributed by atoms with Crippen molar-refractivity contribution in [1.82, 2.24) is 5.43 Å². The van der Waals surface area contributed by atoms with Crippen molar-refractivity contribution in [2.75, 3.05) is 5.75 Å². The maximum atomic E-state index is 5.93. The lowest BCUT2D eigenvalue weighted by atomic mass is 9.97. The van der Waals surface area contributed by atoms with E-state index in [1.165, 1.54) is 16.3 Å². The largest absolute Gasteiger partial charge is 0.271 e. The third kappa shape index (κ3) is 3.09. The summed E-state index contributed by atoms with van der Waals surface area (Å²) < 4.78 is 0. The zero-order valence-electron chi connectivity index (χ0n) is 12.5. The second-order valence-corrected chi connectivity index (χ2v) is 8.66. The van der Waals surface area contributed by atoms with Gasteiger partial charge >= 0.3 is 0 Å². The van der Waals surface area contributed by atoms with Crippen LogP contribution in [0.15, 0.2) is 42.5 Å². The van der Waals surface area contributed by atoms with Crippen molar-refractivity contribution >= 4 is 34.3 Å². The van der Waals surface area contributed by atoms with E-state index in [-0.39, 0.29) is 6.04 Å². The molecule has 4 heteroatoms. The first-order valence-corrected chi connectivity index (χ1v) is 9.40. The molecule has 3 N–H and O–H groups in total. The van der Waals surface area contributed by atoms with Crippen molar-refractivity contribution < 1.29 is 0 Å². The molecule has 0 spiro atoms. The van der Waals surface area contributed by atoms with E-state index in [4.69, 9.17) is 5.84 Å². The Bertz CT molecular complexity index is 611. The lowest BCUT2D eigenvalue weighted by Gasteiger charge is -2.36. The summed E-state index contributed by atoms with van der Waals surface area (Å²) in [5.41, 5.74) is 4.40. The summed E-state index contributed by atoms with van der Waals surface area (Å²) in [4.78, 5) is 0. The molecular formula is C17H22N2S2. The van der Waals surface area contributed by atoms with Gasteiger partial charge in [-0.2, -0.15) is 23.5 Å². The highest BCUT2D eigenvalue weighted by atomic mass is 32.2. The lowest BCUT2D eigenvalue weighted by molar-refractivity contribution is 0.553. The molecule has 3 rings (SSSR count). The Balaban J connectivity index is 1.95. The van der Waals surface area contributed by atoms with Crippen LogP contribution in [0.5, 0.6) is 0 Å². The van der Waals surface area contributed by atoms with Gasteiger partial charge in [-0.1, -0.05) is 56.3 Å². The van der Waals surface area contributed by atoms with E-state index < -0.39 is 0 Å². The molecule has 2 aromatic rings. The van der Waals surface area contributed by atoms with Crippen LogP contribution in [0.25, 0.3) is 10.8 Å². The van der Waals surface area contributed by atoms with Gasteiger partial charge in [0.05, 0.1) is 6.04 Å². The van der Waals surface area contributed by atoms with Crippen LogP contribution in [0.3, 0.4) is 0 Å². The molecule has 1 fully saturated rings. The second kappa shape index (κ2) is 6.61. The maximum absolute atomic E-state index is 5.93. The number of nitrogens with one attached hydrogen (secondary N) is 1. The molecule has 21 heavy (non-hydrogen) atoms. The van der Waals surface area contributed by atoms with Gasteiger partial charge in [0.25, 0.3) is 0 Å². The average molecular weight is 319 g/mol. The Morgan fingerprint density at radius 1 is 1.10 bits per heavy atom. The number of hydrogen-bond acceptors (Lipinski definition) is 4. The predicted molar refractivity (Wildman–Crippen MR) is 96.8 cm³/mol. The number of rotatable bonds is 3. The van der Waals surface area contributed by atoms with Crippen molar-refractivity contribution in [2.24, 2.45) is 5.84 Å². The van der Waals surface area contributed by atoms with Crippen LogP contribution in [0.4, 0.5) is 0 Å². The average Bonchev–Trinajstić information content (AvgIpc) is 2.52. The van der Waals surface area contributed by atoms with E-state index >= 15 is 0 Å². The zero-order valence-corrected chi connectivity index (χ0v) is 14.1. The van der Waals surface area contributed by atoms with Gasteiger partial charge in [0.2, 0.25) is 0 Å². The van der Waals surface area contributed by atoms with E-state index in [2.05, 4.69) is 85.3 Å². The first-order chi connectivity index (χ1) is 10.2. The third-order valence-corrected chi connectivity index (χ3v) is 7.78. The van der Waals surface area contributed by atoms with E-state index in [0.29, 0.717) is 10.5 Å². The molecule has 0 aliphatic carbocycles. The molecule has 0 bridgehead atoms. The van der Waals surface area contributed by atoms with Crippen LogP contribution in [0.2, 0.25) is 0 Å². The van der Waals surface area contributed by atoms with Gasteiger partial charge in [0.1, 0.15) is 0 Å².